The van der Waals surface area contributed by atoms with Gasteiger partial charge in [0.25, 0.3) is 0 Å². The first-order valence-electron chi connectivity index (χ1n) is 22.0. The Morgan fingerprint density at radius 1 is 0.561 bits per heavy atom. The molecular weight excluding hydrogens is 859 g/mol. The van der Waals surface area contributed by atoms with Gasteiger partial charge in [-0.3, -0.25) is 19.2 Å². The van der Waals surface area contributed by atoms with Crippen LogP contribution in [0.4, 0.5) is 8.78 Å². The maximum absolute atomic E-state index is 16.1. The molecule has 3 aromatic rings. The first-order chi connectivity index (χ1) is 31.5. The second kappa shape index (κ2) is 27.8. The summed E-state index contributed by atoms with van der Waals surface area (Å²) >= 11 is 0. The minimum atomic E-state index is -1.61. The number of ether oxygens (including phenoxy) is 7. The molecule has 0 amide bonds. The Labute approximate surface area is 385 Å². The predicted octanol–water partition coefficient (Wildman–Crippen LogP) is 9.34. The van der Waals surface area contributed by atoms with Crippen LogP contribution in [0.2, 0.25) is 0 Å². The minimum Gasteiger partial charge on any atom is -0.492 e. The van der Waals surface area contributed by atoms with Crippen molar-refractivity contribution in [3.63, 3.8) is 0 Å². The van der Waals surface area contributed by atoms with Gasteiger partial charge < -0.3 is 33.2 Å². The largest absolute Gasteiger partial charge is 0.492 e. The van der Waals surface area contributed by atoms with E-state index < -0.39 is 79.3 Å². The van der Waals surface area contributed by atoms with E-state index >= 15 is 8.78 Å². The highest BCUT2D eigenvalue weighted by molar-refractivity contribution is 5.87. The Morgan fingerprint density at radius 2 is 1.08 bits per heavy atom. The van der Waals surface area contributed by atoms with E-state index in [-0.39, 0.29) is 73.2 Å². The number of rotatable bonds is 29. The number of hydrogen-bond acceptors (Lipinski definition) is 13. The summed E-state index contributed by atoms with van der Waals surface area (Å²) in [5, 5.41) is 0. The SMILES string of the molecule is C=C(C)C(=O)OCCCc1cc(-c2c(F)cc(-c3ccc(CCCCCCC)cc3)cc2F)ccc1OCC(COC(=O)CCC(=O)OC)(COC(=O)CCC(=O)OC)COC(=O)C(=C)C. The second-order valence-electron chi connectivity index (χ2n) is 16.1. The molecule has 0 bridgehead atoms. The van der Waals surface area contributed by atoms with E-state index in [0.29, 0.717) is 16.7 Å². The van der Waals surface area contributed by atoms with Crippen LogP contribution >= 0.6 is 0 Å². The number of halogens is 2. The molecular formula is C51H62F2O13. The molecule has 3 rings (SSSR count). The highest BCUT2D eigenvalue weighted by Gasteiger charge is 2.38. The van der Waals surface area contributed by atoms with E-state index in [0.717, 1.165) is 39.0 Å². The number of aryl methyl sites for hydroxylation is 2. The third-order valence-electron chi connectivity index (χ3n) is 10.4. The van der Waals surface area contributed by atoms with Crippen LogP contribution in [0.1, 0.15) is 96.1 Å². The first-order valence-corrected chi connectivity index (χ1v) is 22.0. The van der Waals surface area contributed by atoms with Gasteiger partial charge in [-0.15, -0.1) is 0 Å². The maximum atomic E-state index is 16.1. The van der Waals surface area contributed by atoms with Crippen molar-refractivity contribution in [3.8, 4) is 28.0 Å². The van der Waals surface area contributed by atoms with Crippen LogP contribution < -0.4 is 4.74 Å². The number of benzene rings is 3. The van der Waals surface area contributed by atoms with Crippen LogP contribution in [0.15, 0.2) is 78.9 Å². The molecule has 0 aliphatic heterocycles. The van der Waals surface area contributed by atoms with Crippen molar-refractivity contribution >= 4 is 35.8 Å². The molecule has 15 heteroatoms. The summed E-state index contributed by atoms with van der Waals surface area (Å²) in [7, 11) is 2.32. The summed E-state index contributed by atoms with van der Waals surface area (Å²) in [6.45, 7) is 10.1. The number of carbonyl (C=O) groups excluding carboxylic acids is 6. The van der Waals surface area contributed by atoms with E-state index in [1.165, 1.54) is 63.4 Å². The van der Waals surface area contributed by atoms with Gasteiger partial charge in [-0.05, 0) is 91.6 Å². The summed E-state index contributed by atoms with van der Waals surface area (Å²) in [5.41, 5.74) is 1.10. The highest BCUT2D eigenvalue weighted by Crippen LogP contribution is 2.35. The van der Waals surface area contributed by atoms with Gasteiger partial charge in [0.05, 0.1) is 52.1 Å². The number of esters is 6. The van der Waals surface area contributed by atoms with E-state index in [9.17, 15) is 28.8 Å². The number of unbranched alkanes of at least 4 members (excludes halogenated alkanes) is 4. The van der Waals surface area contributed by atoms with Crippen molar-refractivity contribution in [1.82, 2.24) is 0 Å². The lowest BCUT2D eigenvalue weighted by Crippen LogP contribution is -2.44. The van der Waals surface area contributed by atoms with Gasteiger partial charge in [0.1, 0.15) is 49.2 Å². The molecule has 0 aliphatic carbocycles. The molecule has 0 unspecified atom stereocenters. The standard InChI is InChI=1S/C51H62F2O13/c1-8-9-10-11-12-14-36-16-18-37(19-17-36)40-28-41(52)48(42(53)29-40)39-20-21-43(38(27-39)15-13-26-62-49(58)34(2)3)63-30-51(33-66-50(59)35(4)5,31-64-46(56)24-22-44(54)60-6)32-65-47(57)25-23-45(55)61-7/h16-21,27-29H,2,4,8-15,22-26,30-33H2,1,3,5-7H3. The number of hydrogen-bond donors (Lipinski definition) is 0. The van der Waals surface area contributed by atoms with Gasteiger partial charge >= 0.3 is 35.8 Å². The predicted molar refractivity (Wildman–Crippen MR) is 242 cm³/mol. The van der Waals surface area contributed by atoms with Gasteiger partial charge in [0, 0.05) is 11.1 Å². The fraction of sp³-hybridized carbons (Fsp3) is 0.451. The van der Waals surface area contributed by atoms with Gasteiger partial charge in [-0.25, -0.2) is 18.4 Å². The lowest BCUT2D eigenvalue weighted by molar-refractivity contribution is -0.165. The normalized spacial score (nSPS) is 11.0. The third-order valence-corrected chi connectivity index (χ3v) is 10.4. The summed E-state index contributed by atoms with van der Waals surface area (Å²) in [5.74, 6) is -5.83. The van der Waals surface area contributed by atoms with Crippen LogP contribution in [-0.4, -0.2) is 83.1 Å². The van der Waals surface area contributed by atoms with Gasteiger partial charge in [-0.1, -0.05) is 76.1 Å². The van der Waals surface area contributed by atoms with E-state index in [2.05, 4.69) is 29.6 Å². The molecule has 0 heterocycles. The van der Waals surface area contributed by atoms with Crippen molar-refractivity contribution in [2.24, 2.45) is 5.41 Å². The molecule has 3 aromatic carbocycles. The van der Waals surface area contributed by atoms with Crippen LogP contribution in [0, 0.1) is 17.0 Å². The molecule has 0 N–H and O–H groups in total. The number of carbonyl (C=O) groups is 6. The molecule has 13 nitrogen and oxygen atoms in total. The van der Waals surface area contributed by atoms with Crippen molar-refractivity contribution in [2.45, 2.75) is 97.8 Å². The smallest absolute Gasteiger partial charge is 0.333 e. The Morgan fingerprint density at radius 3 is 1.62 bits per heavy atom. The van der Waals surface area contributed by atoms with Crippen molar-refractivity contribution in [1.29, 1.82) is 0 Å². The Bertz CT molecular complexity index is 2100. The zero-order valence-electron chi connectivity index (χ0n) is 38.7. The molecule has 358 valence electrons. The van der Waals surface area contributed by atoms with Gasteiger partial charge in [0.2, 0.25) is 0 Å². The van der Waals surface area contributed by atoms with Gasteiger partial charge in [-0.2, -0.15) is 0 Å². The number of methoxy groups -OCH3 is 2. The van der Waals surface area contributed by atoms with E-state index in [4.69, 9.17) is 23.7 Å². The third kappa shape index (κ3) is 18.2. The molecule has 66 heavy (non-hydrogen) atoms. The molecule has 0 aliphatic rings. The Kier molecular flexibility index (Phi) is 22.8. The molecule has 0 radical (unpaired) electrons. The topological polar surface area (TPSA) is 167 Å². The molecule has 0 fully saturated rings. The van der Waals surface area contributed by atoms with E-state index in [1.807, 2.05) is 24.3 Å². The zero-order valence-corrected chi connectivity index (χ0v) is 38.7. The molecule has 0 saturated heterocycles. The van der Waals surface area contributed by atoms with Crippen molar-refractivity contribution < 1.29 is 70.7 Å². The fourth-order valence-electron chi connectivity index (χ4n) is 6.48. The Balaban J connectivity index is 2.01. The maximum Gasteiger partial charge on any atom is 0.333 e. The van der Waals surface area contributed by atoms with Crippen molar-refractivity contribution in [2.75, 3.05) is 47.3 Å². The van der Waals surface area contributed by atoms with E-state index in [1.54, 1.807) is 0 Å². The monoisotopic (exact) mass is 920 g/mol. The lowest BCUT2D eigenvalue weighted by Gasteiger charge is -2.32. The summed E-state index contributed by atoms with van der Waals surface area (Å²) in [6.07, 6.45) is 5.81. The minimum absolute atomic E-state index is 0.0335. The summed E-state index contributed by atoms with van der Waals surface area (Å²) in [4.78, 5) is 73.9. The van der Waals surface area contributed by atoms with Crippen LogP contribution in [0.5, 0.6) is 5.75 Å². The van der Waals surface area contributed by atoms with Gasteiger partial charge in [0.15, 0.2) is 0 Å². The molecule has 0 atom stereocenters. The van der Waals surface area contributed by atoms with Crippen LogP contribution in [0.25, 0.3) is 22.3 Å². The first kappa shape index (κ1) is 54.0. The summed E-state index contributed by atoms with van der Waals surface area (Å²) < 4.78 is 69.5. The second-order valence-corrected chi connectivity index (χ2v) is 16.1. The molecule has 0 aromatic heterocycles. The Hall–Kier alpha value is -6.38. The molecule has 0 saturated carbocycles. The average Bonchev–Trinajstić information content (AvgIpc) is 3.30. The van der Waals surface area contributed by atoms with Crippen molar-refractivity contribution in [3.05, 3.63) is 102 Å². The van der Waals surface area contributed by atoms with Crippen LogP contribution in [-0.2, 0) is 70.0 Å². The zero-order chi connectivity index (χ0) is 48.6. The average molecular weight is 921 g/mol. The fourth-order valence-corrected chi connectivity index (χ4v) is 6.48. The molecule has 0 spiro atoms. The quantitative estimate of drug-likeness (QED) is 0.0280. The highest BCUT2D eigenvalue weighted by atomic mass is 19.1. The van der Waals surface area contributed by atoms with Crippen LogP contribution in [0.3, 0.4) is 0 Å². The lowest BCUT2D eigenvalue weighted by atomic mass is 9.91. The summed E-state index contributed by atoms with van der Waals surface area (Å²) in [6, 6.07) is 14.7.